The van der Waals surface area contributed by atoms with Crippen molar-refractivity contribution in [3.63, 3.8) is 0 Å². The second-order valence-corrected chi connectivity index (χ2v) is 9.03. The number of hydrogen-bond acceptors (Lipinski definition) is 0. The summed E-state index contributed by atoms with van der Waals surface area (Å²) in [5.74, 6) is 1.53. The van der Waals surface area contributed by atoms with E-state index in [2.05, 4.69) is 61.8 Å². The Morgan fingerprint density at radius 1 is 1.25 bits per heavy atom. The van der Waals surface area contributed by atoms with E-state index in [4.69, 9.17) is 11.6 Å². The van der Waals surface area contributed by atoms with Crippen LogP contribution in [0.25, 0.3) is 0 Å². The lowest BCUT2D eigenvalue weighted by atomic mass is 9.68. The monoisotopic (exact) mass is 356 g/mol. The molecule has 0 N–H and O–H groups in total. The van der Waals surface area contributed by atoms with Crippen LogP contribution in [0.5, 0.6) is 0 Å². The van der Waals surface area contributed by atoms with Crippen LogP contribution in [0.15, 0.2) is 18.2 Å². The molecule has 3 unspecified atom stereocenters. The summed E-state index contributed by atoms with van der Waals surface area (Å²) in [6, 6.07) is 6.47. The molecule has 1 fully saturated rings. The van der Waals surface area contributed by atoms with E-state index in [1.807, 2.05) is 0 Å². The second-order valence-electron chi connectivity index (χ2n) is 7.45. The summed E-state index contributed by atoms with van der Waals surface area (Å²) in [5, 5.41) is 0.933. The van der Waals surface area contributed by atoms with Gasteiger partial charge in [0.15, 0.2) is 0 Å². The highest BCUT2D eigenvalue weighted by molar-refractivity contribution is 9.09. The first-order valence-electron chi connectivity index (χ1n) is 7.66. The summed E-state index contributed by atoms with van der Waals surface area (Å²) >= 11 is 10.3. The molecule has 2 rings (SSSR count). The summed E-state index contributed by atoms with van der Waals surface area (Å²) < 4.78 is 0. The maximum Gasteiger partial charge on any atom is 0.0440 e. The highest BCUT2D eigenvalue weighted by atomic mass is 79.9. The van der Waals surface area contributed by atoms with Crippen LogP contribution >= 0.6 is 27.5 Å². The van der Waals surface area contributed by atoms with Crippen molar-refractivity contribution in [1.29, 1.82) is 0 Å². The third-order valence-corrected chi connectivity index (χ3v) is 6.36. The standard InChI is InChI=1S/C18H26BrCl/c1-12-5-6-13(17(20)9-12)10-14-11-15(18(2,3)4)7-8-16(14)19/h5-6,9,14-16H,7-8,10-11H2,1-4H3. The third kappa shape index (κ3) is 4.01. The summed E-state index contributed by atoms with van der Waals surface area (Å²) in [7, 11) is 0. The molecule has 0 bridgehead atoms. The average molecular weight is 358 g/mol. The van der Waals surface area contributed by atoms with Crippen LogP contribution < -0.4 is 0 Å². The lowest BCUT2D eigenvalue weighted by molar-refractivity contribution is 0.146. The molecule has 0 saturated heterocycles. The van der Waals surface area contributed by atoms with Crippen LogP contribution in [0.4, 0.5) is 0 Å². The highest BCUT2D eigenvalue weighted by Crippen LogP contribution is 2.44. The van der Waals surface area contributed by atoms with Crippen molar-refractivity contribution in [2.45, 2.75) is 58.2 Å². The fraction of sp³-hybridized carbons (Fsp3) is 0.667. The first-order valence-corrected chi connectivity index (χ1v) is 8.96. The van der Waals surface area contributed by atoms with Gasteiger partial charge in [0, 0.05) is 9.85 Å². The molecule has 0 radical (unpaired) electrons. The number of alkyl halides is 1. The normalized spacial score (nSPS) is 27.6. The molecule has 1 aromatic carbocycles. The molecule has 1 aliphatic carbocycles. The maximum absolute atomic E-state index is 6.41. The van der Waals surface area contributed by atoms with Crippen LogP contribution in [0, 0.1) is 24.2 Å². The molecular weight excluding hydrogens is 332 g/mol. The van der Waals surface area contributed by atoms with E-state index in [-0.39, 0.29) is 0 Å². The molecule has 0 amide bonds. The topological polar surface area (TPSA) is 0 Å². The summed E-state index contributed by atoms with van der Waals surface area (Å²) in [6.45, 7) is 9.23. The van der Waals surface area contributed by atoms with Crippen LogP contribution in [0.3, 0.4) is 0 Å². The fourth-order valence-corrected chi connectivity index (χ4v) is 4.30. The third-order valence-electron chi connectivity index (χ3n) is 4.81. The van der Waals surface area contributed by atoms with Gasteiger partial charge in [0.2, 0.25) is 0 Å². The Balaban J connectivity index is 2.10. The number of hydrogen-bond donors (Lipinski definition) is 0. The van der Waals surface area contributed by atoms with Gasteiger partial charge in [0.25, 0.3) is 0 Å². The van der Waals surface area contributed by atoms with Crippen molar-refractivity contribution >= 4 is 27.5 Å². The van der Waals surface area contributed by atoms with E-state index in [0.717, 1.165) is 17.4 Å². The predicted octanol–water partition coefficient (Wildman–Crippen LogP) is 6.42. The summed E-state index contributed by atoms with van der Waals surface area (Å²) in [4.78, 5) is 0.637. The minimum absolute atomic E-state index is 0.419. The smallest absolute Gasteiger partial charge is 0.0440 e. The molecule has 1 saturated carbocycles. The molecule has 2 heteroatoms. The zero-order valence-corrected chi connectivity index (χ0v) is 15.4. The van der Waals surface area contributed by atoms with E-state index in [1.165, 1.54) is 30.4 Å². The highest BCUT2D eigenvalue weighted by Gasteiger charge is 2.34. The Morgan fingerprint density at radius 3 is 2.55 bits per heavy atom. The zero-order valence-electron chi connectivity index (χ0n) is 13.0. The van der Waals surface area contributed by atoms with Gasteiger partial charge in [-0.1, -0.05) is 60.4 Å². The lowest BCUT2D eigenvalue weighted by Gasteiger charge is -2.40. The first kappa shape index (κ1) is 16.4. The summed E-state index contributed by atoms with van der Waals surface area (Å²) in [5.41, 5.74) is 2.97. The van der Waals surface area contributed by atoms with Crippen molar-refractivity contribution in [2.75, 3.05) is 0 Å². The second kappa shape index (κ2) is 6.40. The van der Waals surface area contributed by atoms with E-state index in [1.54, 1.807) is 0 Å². The molecule has 20 heavy (non-hydrogen) atoms. The Hall–Kier alpha value is -0.0100. The Labute approximate surface area is 137 Å². The minimum Gasteiger partial charge on any atom is -0.0888 e. The molecule has 0 aliphatic heterocycles. The van der Waals surface area contributed by atoms with Gasteiger partial charge >= 0.3 is 0 Å². The molecular formula is C18H26BrCl. The summed E-state index contributed by atoms with van der Waals surface area (Å²) in [6.07, 6.45) is 5.04. The molecule has 0 aromatic heterocycles. The molecule has 0 spiro atoms. The van der Waals surface area contributed by atoms with Gasteiger partial charge in [-0.25, -0.2) is 0 Å². The van der Waals surface area contributed by atoms with Crippen molar-refractivity contribution in [3.05, 3.63) is 34.3 Å². The maximum atomic E-state index is 6.41. The molecule has 3 atom stereocenters. The fourth-order valence-electron chi connectivity index (χ4n) is 3.33. The van der Waals surface area contributed by atoms with Gasteiger partial charge in [-0.2, -0.15) is 0 Å². The van der Waals surface area contributed by atoms with Crippen LogP contribution in [0.2, 0.25) is 5.02 Å². The van der Waals surface area contributed by atoms with Gasteiger partial charge < -0.3 is 0 Å². The number of benzene rings is 1. The van der Waals surface area contributed by atoms with Crippen molar-refractivity contribution in [3.8, 4) is 0 Å². The Bertz CT molecular complexity index is 461. The predicted molar refractivity (Wildman–Crippen MR) is 92.9 cm³/mol. The number of rotatable bonds is 2. The van der Waals surface area contributed by atoms with E-state index in [9.17, 15) is 0 Å². The molecule has 0 nitrogen and oxygen atoms in total. The van der Waals surface area contributed by atoms with E-state index >= 15 is 0 Å². The minimum atomic E-state index is 0.419. The van der Waals surface area contributed by atoms with Gasteiger partial charge in [0.1, 0.15) is 0 Å². The van der Waals surface area contributed by atoms with Crippen LogP contribution in [-0.4, -0.2) is 4.83 Å². The van der Waals surface area contributed by atoms with Crippen LogP contribution in [0.1, 0.15) is 51.2 Å². The van der Waals surface area contributed by atoms with Gasteiger partial charge in [-0.3, -0.25) is 0 Å². The van der Waals surface area contributed by atoms with Gasteiger partial charge in [-0.05, 0) is 67.1 Å². The lowest BCUT2D eigenvalue weighted by Crippen LogP contribution is -2.33. The molecule has 1 aliphatic rings. The molecule has 112 valence electrons. The van der Waals surface area contributed by atoms with E-state index < -0.39 is 0 Å². The SMILES string of the molecule is Cc1ccc(CC2CC(C(C)(C)C)CCC2Br)c(Cl)c1. The molecule has 0 heterocycles. The van der Waals surface area contributed by atoms with E-state index in [0.29, 0.717) is 16.2 Å². The van der Waals surface area contributed by atoms with Gasteiger partial charge in [0.05, 0.1) is 0 Å². The first-order chi connectivity index (χ1) is 9.27. The number of halogens is 2. The Kier molecular flexibility index (Phi) is 5.24. The quantitative estimate of drug-likeness (QED) is 0.536. The molecule has 1 aromatic rings. The van der Waals surface area contributed by atoms with Gasteiger partial charge in [-0.15, -0.1) is 0 Å². The van der Waals surface area contributed by atoms with Crippen LogP contribution in [-0.2, 0) is 6.42 Å². The van der Waals surface area contributed by atoms with Crippen molar-refractivity contribution < 1.29 is 0 Å². The van der Waals surface area contributed by atoms with Crippen molar-refractivity contribution in [2.24, 2.45) is 17.3 Å². The average Bonchev–Trinajstić information content (AvgIpc) is 2.33. The Morgan fingerprint density at radius 2 is 1.95 bits per heavy atom. The number of aryl methyl sites for hydroxylation is 1. The zero-order chi connectivity index (χ0) is 14.9. The largest absolute Gasteiger partial charge is 0.0888 e. The van der Waals surface area contributed by atoms with Crippen molar-refractivity contribution in [1.82, 2.24) is 0 Å².